The van der Waals surface area contributed by atoms with Crippen molar-refractivity contribution in [3.63, 3.8) is 0 Å². The quantitative estimate of drug-likeness (QED) is 0.459. The van der Waals surface area contributed by atoms with E-state index in [-0.39, 0.29) is 12.0 Å². The molecule has 2 amide bonds. The maximum atomic E-state index is 13.4. The van der Waals surface area contributed by atoms with Crippen molar-refractivity contribution in [2.24, 2.45) is 0 Å². The molecule has 0 fully saturated rings. The van der Waals surface area contributed by atoms with E-state index in [1.807, 2.05) is 0 Å². The molecule has 0 aliphatic heterocycles. The van der Waals surface area contributed by atoms with Crippen LogP contribution in [0.25, 0.3) is 0 Å². The predicted octanol–water partition coefficient (Wildman–Crippen LogP) is 1.28. The molecule has 0 aromatic heterocycles. The average molecular weight is 389 g/mol. The Bertz CT molecular complexity index is 903. The SMILES string of the molecule is O=C(CNC(=O)c1ccccc1)N[C@H](Cc1ccc(F)c([N+](=O)[O-])c1)C(=O)O. The topological polar surface area (TPSA) is 139 Å². The molecular weight excluding hydrogens is 373 g/mol. The number of carboxylic acids is 1. The summed E-state index contributed by atoms with van der Waals surface area (Å²) in [5, 5.41) is 24.6. The number of carboxylic acid groups (broad SMARTS) is 1. The molecule has 0 radical (unpaired) electrons. The molecule has 2 aromatic rings. The molecule has 0 aliphatic carbocycles. The van der Waals surface area contributed by atoms with Gasteiger partial charge >= 0.3 is 11.7 Å². The number of nitro benzene ring substituents is 1. The third-order valence-corrected chi connectivity index (χ3v) is 3.73. The van der Waals surface area contributed by atoms with Crippen LogP contribution in [0.5, 0.6) is 0 Å². The summed E-state index contributed by atoms with van der Waals surface area (Å²) >= 11 is 0. The Kier molecular flexibility index (Phi) is 6.74. The summed E-state index contributed by atoms with van der Waals surface area (Å²) in [6, 6.07) is 9.68. The highest BCUT2D eigenvalue weighted by molar-refractivity contribution is 5.96. The van der Waals surface area contributed by atoms with E-state index in [1.54, 1.807) is 30.3 Å². The average Bonchev–Trinajstić information content (AvgIpc) is 2.67. The molecule has 2 rings (SSSR count). The first kappa shape index (κ1) is 20.5. The largest absolute Gasteiger partial charge is 0.480 e. The van der Waals surface area contributed by atoms with Crippen molar-refractivity contribution in [2.75, 3.05) is 6.54 Å². The first-order valence-electron chi connectivity index (χ1n) is 8.06. The fourth-order valence-corrected chi connectivity index (χ4v) is 2.36. The minimum absolute atomic E-state index is 0.161. The zero-order chi connectivity index (χ0) is 20.7. The minimum Gasteiger partial charge on any atom is -0.480 e. The maximum absolute atomic E-state index is 13.4. The van der Waals surface area contributed by atoms with Gasteiger partial charge in [-0.05, 0) is 23.8 Å². The van der Waals surface area contributed by atoms with Crippen molar-refractivity contribution < 1.29 is 28.8 Å². The summed E-state index contributed by atoms with van der Waals surface area (Å²) in [6.45, 7) is -0.457. The van der Waals surface area contributed by atoms with E-state index >= 15 is 0 Å². The molecule has 0 aliphatic rings. The van der Waals surface area contributed by atoms with Gasteiger partial charge in [-0.2, -0.15) is 4.39 Å². The summed E-state index contributed by atoms with van der Waals surface area (Å²) < 4.78 is 13.4. The van der Waals surface area contributed by atoms with Gasteiger partial charge in [-0.25, -0.2) is 4.79 Å². The fraction of sp³-hybridized carbons (Fsp3) is 0.167. The minimum atomic E-state index is -1.41. The zero-order valence-corrected chi connectivity index (χ0v) is 14.4. The molecule has 9 nitrogen and oxygen atoms in total. The Morgan fingerprint density at radius 3 is 2.43 bits per heavy atom. The summed E-state index contributed by atoms with van der Waals surface area (Å²) in [6.07, 6.45) is -0.297. The molecule has 28 heavy (non-hydrogen) atoms. The molecule has 2 aromatic carbocycles. The van der Waals surface area contributed by atoms with Gasteiger partial charge in [0.2, 0.25) is 11.7 Å². The number of nitrogens with one attached hydrogen (secondary N) is 2. The second-order valence-corrected chi connectivity index (χ2v) is 5.75. The molecule has 0 saturated heterocycles. The first-order valence-corrected chi connectivity index (χ1v) is 8.06. The van der Waals surface area contributed by atoms with Crippen LogP contribution in [0.2, 0.25) is 0 Å². The number of hydrogen-bond acceptors (Lipinski definition) is 5. The third kappa shape index (κ3) is 5.59. The maximum Gasteiger partial charge on any atom is 0.326 e. The van der Waals surface area contributed by atoms with Gasteiger partial charge in [-0.1, -0.05) is 24.3 Å². The van der Waals surface area contributed by atoms with Crippen molar-refractivity contribution in [3.05, 3.63) is 75.6 Å². The van der Waals surface area contributed by atoms with Gasteiger partial charge in [-0.15, -0.1) is 0 Å². The van der Waals surface area contributed by atoms with Crippen LogP contribution in [-0.4, -0.2) is 40.4 Å². The number of rotatable bonds is 8. The molecule has 3 N–H and O–H groups in total. The number of carbonyl (C=O) groups is 3. The second kappa shape index (κ2) is 9.21. The third-order valence-electron chi connectivity index (χ3n) is 3.73. The molecule has 0 heterocycles. The number of amides is 2. The number of benzene rings is 2. The molecule has 10 heteroatoms. The van der Waals surface area contributed by atoms with Gasteiger partial charge < -0.3 is 15.7 Å². The Morgan fingerprint density at radius 2 is 1.82 bits per heavy atom. The lowest BCUT2D eigenvalue weighted by Crippen LogP contribution is -2.46. The van der Waals surface area contributed by atoms with Crippen LogP contribution in [0.15, 0.2) is 48.5 Å². The molecule has 0 bridgehead atoms. The summed E-state index contributed by atoms with van der Waals surface area (Å²) in [5.74, 6) is -3.69. The molecule has 0 spiro atoms. The Morgan fingerprint density at radius 1 is 1.14 bits per heavy atom. The van der Waals surface area contributed by atoms with Crippen LogP contribution >= 0.6 is 0 Å². The second-order valence-electron chi connectivity index (χ2n) is 5.75. The van der Waals surface area contributed by atoms with Gasteiger partial charge in [0.25, 0.3) is 5.91 Å². The van der Waals surface area contributed by atoms with E-state index in [9.17, 15) is 34.0 Å². The highest BCUT2D eigenvalue weighted by atomic mass is 19.1. The number of halogens is 1. The number of carbonyl (C=O) groups excluding carboxylic acids is 2. The van der Waals surface area contributed by atoms with E-state index in [0.717, 1.165) is 12.1 Å². The van der Waals surface area contributed by atoms with Crippen LogP contribution in [0.4, 0.5) is 10.1 Å². The smallest absolute Gasteiger partial charge is 0.326 e. The standard InChI is InChI=1S/C18H16FN3O6/c19-13-7-6-11(9-15(13)22(27)28)8-14(18(25)26)21-16(23)10-20-17(24)12-4-2-1-3-5-12/h1-7,9,14H,8,10H2,(H,20,24)(H,21,23)(H,25,26)/t14-/m1/s1. The lowest BCUT2D eigenvalue weighted by Gasteiger charge is -2.15. The fourth-order valence-electron chi connectivity index (χ4n) is 2.36. The first-order chi connectivity index (χ1) is 13.3. The van der Waals surface area contributed by atoms with Crippen molar-refractivity contribution >= 4 is 23.5 Å². The number of aliphatic carboxylic acids is 1. The Hall–Kier alpha value is -3.82. The lowest BCUT2D eigenvalue weighted by atomic mass is 10.0. The number of nitrogens with zero attached hydrogens (tertiary/aromatic N) is 1. The highest BCUT2D eigenvalue weighted by Gasteiger charge is 2.23. The van der Waals surface area contributed by atoms with Crippen molar-refractivity contribution in [2.45, 2.75) is 12.5 Å². The van der Waals surface area contributed by atoms with E-state index in [2.05, 4.69) is 10.6 Å². The monoisotopic (exact) mass is 389 g/mol. The van der Waals surface area contributed by atoms with E-state index in [0.29, 0.717) is 5.56 Å². The normalized spacial score (nSPS) is 11.3. The summed E-state index contributed by atoms with van der Waals surface area (Å²) in [5.41, 5.74) is -0.291. The van der Waals surface area contributed by atoms with Crippen molar-refractivity contribution in [1.29, 1.82) is 0 Å². The van der Waals surface area contributed by atoms with Gasteiger partial charge in [0.15, 0.2) is 0 Å². The molecule has 146 valence electrons. The van der Waals surface area contributed by atoms with Crippen molar-refractivity contribution in [3.8, 4) is 0 Å². The molecule has 0 saturated carbocycles. The van der Waals surface area contributed by atoms with E-state index in [4.69, 9.17) is 0 Å². The Balaban J connectivity index is 1.98. The zero-order valence-electron chi connectivity index (χ0n) is 14.4. The molecule has 0 unspecified atom stereocenters. The van der Waals surface area contributed by atoms with E-state index in [1.165, 1.54) is 6.07 Å². The predicted molar refractivity (Wildman–Crippen MR) is 95.1 cm³/mol. The van der Waals surface area contributed by atoms with Gasteiger partial charge in [-0.3, -0.25) is 19.7 Å². The van der Waals surface area contributed by atoms with Crippen LogP contribution < -0.4 is 10.6 Å². The lowest BCUT2D eigenvalue weighted by molar-refractivity contribution is -0.387. The van der Waals surface area contributed by atoms with Crippen LogP contribution in [0.3, 0.4) is 0 Å². The molecular formula is C18H16FN3O6. The van der Waals surface area contributed by atoms with Crippen LogP contribution in [0.1, 0.15) is 15.9 Å². The van der Waals surface area contributed by atoms with Gasteiger partial charge in [0.05, 0.1) is 11.5 Å². The van der Waals surface area contributed by atoms with Gasteiger partial charge in [0.1, 0.15) is 6.04 Å². The summed E-state index contributed by atoms with van der Waals surface area (Å²) in [7, 11) is 0. The summed E-state index contributed by atoms with van der Waals surface area (Å²) in [4.78, 5) is 45.1. The Labute approximate surface area is 158 Å². The van der Waals surface area contributed by atoms with Crippen LogP contribution in [-0.2, 0) is 16.0 Å². The van der Waals surface area contributed by atoms with Gasteiger partial charge in [0, 0.05) is 18.1 Å². The number of hydrogen-bond donors (Lipinski definition) is 3. The number of nitro groups is 1. The molecule has 1 atom stereocenters. The highest BCUT2D eigenvalue weighted by Crippen LogP contribution is 2.19. The van der Waals surface area contributed by atoms with Crippen molar-refractivity contribution in [1.82, 2.24) is 10.6 Å². The van der Waals surface area contributed by atoms with E-state index < -0.39 is 46.8 Å². The van der Waals surface area contributed by atoms with Crippen LogP contribution in [0, 0.1) is 15.9 Å².